The van der Waals surface area contributed by atoms with Crippen molar-refractivity contribution < 1.29 is 4.42 Å². The molecule has 2 fully saturated rings. The first-order chi connectivity index (χ1) is 7.88. The highest BCUT2D eigenvalue weighted by Crippen LogP contribution is 2.40. The van der Waals surface area contributed by atoms with Gasteiger partial charge in [0.15, 0.2) is 0 Å². The highest BCUT2D eigenvalue weighted by molar-refractivity contribution is 5.02. The van der Waals surface area contributed by atoms with Crippen LogP contribution >= 0.6 is 0 Å². The summed E-state index contributed by atoms with van der Waals surface area (Å²) in [7, 11) is 0. The zero-order valence-corrected chi connectivity index (χ0v) is 9.64. The lowest BCUT2D eigenvalue weighted by Gasteiger charge is -2.30. The Kier molecular flexibility index (Phi) is 2.74. The molecule has 0 amide bonds. The number of nitrogens with two attached hydrogens (primary N) is 1. The van der Waals surface area contributed by atoms with Crippen molar-refractivity contribution in [2.45, 2.75) is 44.3 Å². The van der Waals surface area contributed by atoms with Crippen LogP contribution < -0.4 is 5.73 Å². The third-order valence-electron chi connectivity index (χ3n) is 3.77. The lowest BCUT2D eigenvalue weighted by atomic mass is 10.1. The second-order valence-electron chi connectivity index (χ2n) is 5.12. The fourth-order valence-electron chi connectivity index (χ4n) is 2.59. The maximum Gasteiger partial charge on any atom is 0.117 e. The normalized spacial score (nSPS) is 22.6. The highest BCUT2D eigenvalue weighted by Gasteiger charge is 2.40. The van der Waals surface area contributed by atoms with Crippen LogP contribution in [0.4, 0.5) is 0 Å². The van der Waals surface area contributed by atoms with Crippen molar-refractivity contribution in [2.75, 3.05) is 6.54 Å². The fraction of sp³-hybridized carbons (Fsp3) is 0.692. The van der Waals surface area contributed by atoms with Crippen LogP contribution in [0.3, 0.4) is 0 Å². The van der Waals surface area contributed by atoms with Crippen LogP contribution in [0.1, 0.15) is 31.4 Å². The molecule has 3 heteroatoms. The van der Waals surface area contributed by atoms with Gasteiger partial charge in [0.2, 0.25) is 0 Å². The number of hydrogen-bond acceptors (Lipinski definition) is 3. The number of hydrogen-bond donors (Lipinski definition) is 1. The smallest absolute Gasteiger partial charge is 0.117 e. The Bertz CT molecular complexity index is 328. The second kappa shape index (κ2) is 4.22. The molecular formula is C13H20N2O. The highest BCUT2D eigenvalue weighted by atomic mass is 16.3. The molecule has 2 saturated carbocycles. The minimum atomic E-state index is 0.581. The average Bonchev–Trinajstić information content (AvgIpc) is 3.19. The number of nitrogens with zero attached hydrogens (tertiary/aromatic N) is 1. The second-order valence-corrected chi connectivity index (χ2v) is 5.12. The van der Waals surface area contributed by atoms with Crippen LogP contribution in [-0.4, -0.2) is 23.5 Å². The maximum absolute atomic E-state index is 5.94. The van der Waals surface area contributed by atoms with Crippen LogP contribution in [0.15, 0.2) is 22.8 Å². The van der Waals surface area contributed by atoms with E-state index in [4.69, 9.17) is 10.2 Å². The molecule has 1 unspecified atom stereocenters. The van der Waals surface area contributed by atoms with Gasteiger partial charge in [-0.05, 0) is 43.7 Å². The fourth-order valence-corrected chi connectivity index (χ4v) is 2.59. The molecule has 0 radical (unpaired) electrons. The van der Waals surface area contributed by atoms with Crippen LogP contribution in [0.25, 0.3) is 0 Å². The Labute approximate surface area is 96.6 Å². The molecule has 2 aliphatic rings. The predicted molar refractivity (Wildman–Crippen MR) is 62.8 cm³/mol. The van der Waals surface area contributed by atoms with Gasteiger partial charge in [0.25, 0.3) is 0 Å². The number of rotatable bonds is 6. The van der Waals surface area contributed by atoms with E-state index < -0.39 is 0 Å². The van der Waals surface area contributed by atoms with Crippen molar-refractivity contribution in [1.82, 2.24) is 4.90 Å². The van der Waals surface area contributed by atoms with E-state index in [1.807, 2.05) is 6.07 Å². The van der Waals surface area contributed by atoms with Crippen molar-refractivity contribution in [3.8, 4) is 0 Å². The molecule has 0 aliphatic heterocycles. The zero-order valence-electron chi connectivity index (χ0n) is 9.64. The monoisotopic (exact) mass is 220 g/mol. The lowest BCUT2D eigenvalue weighted by molar-refractivity contribution is 0.150. The molecule has 0 saturated heterocycles. The maximum atomic E-state index is 5.94. The number of furan rings is 1. The summed E-state index contributed by atoms with van der Waals surface area (Å²) < 4.78 is 5.45. The Morgan fingerprint density at radius 1 is 1.38 bits per heavy atom. The van der Waals surface area contributed by atoms with E-state index in [0.29, 0.717) is 6.04 Å². The summed E-state index contributed by atoms with van der Waals surface area (Å²) in [6, 6.07) is 5.38. The summed E-state index contributed by atoms with van der Waals surface area (Å²) in [5.41, 5.74) is 5.94. The molecule has 2 aliphatic carbocycles. The Hall–Kier alpha value is -0.800. The third kappa shape index (κ3) is 2.15. The predicted octanol–water partition coefficient (Wildman–Crippen LogP) is 1.98. The molecule has 0 spiro atoms. The van der Waals surface area contributed by atoms with Gasteiger partial charge in [-0.25, -0.2) is 0 Å². The molecule has 0 bridgehead atoms. The van der Waals surface area contributed by atoms with E-state index in [1.54, 1.807) is 6.26 Å². The van der Waals surface area contributed by atoms with Crippen molar-refractivity contribution in [3.05, 3.63) is 24.2 Å². The van der Waals surface area contributed by atoms with E-state index in [2.05, 4.69) is 11.0 Å². The van der Waals surface area contributed by atoms with Crippen LogP contribution in [-0.2, 0) is 6.54 Å². The van der Waals surface area contributed by atoms with Gasteiger partial charge in [-0.15, -0.1) is 0 Å². The molecule has 1 heterocycles. The van der Waals surface area contributed by atoms with Crippen molar-refractivity contribution in [2.24, 2.45) is 11.7 Å². The van der Waals surface area contributed by atoms with Gasteiger partial charge in [-0.3, -0.25) is 4.90 Å². The van der Waals surface area contributed by atoms with Crippen LogP contribution in [0.2, 0.25) is 0 Å². The van der Waals surface area contributed by atoms with Gasteiger partial charge in [-0.2, -0.15) is 0 Å². The van der Waals surface area contributed by atoms with Gasteiger partial charge in [0.1, 0.15) is 5.76 Å². The quantitative estimate of drug-likeness (QED) is 0.797. The first-order valence-electron chi connectivity index (χ1n) is 6.36. The van der Waals surface area contributed by atoms with E-state index in [9.17, 15) is 0 Å². The molecular weight excluding hydrogens is 200 g/mol. The summed E-state index contributed by atoms with van der Waals surface area (Å²) >= 11 is 0. The van der Waals surface area contributed by atoms with Gasteiger partial charge in [-0.1, -0.05) is 0 Å². The summed E-state index contributed by atoms with van der Waals surface area (Å²) in [5, 5.41) is 0. The van der Waals surface area contributed by atoms with E-state index in [1.165, 1.54) is 25.7 Å². The van der Waals surface area contributed by atoms with Crippen LogP contribution in [0, 0.1) is 5.92 Å². The van der Waals surface area contributed by atoms with Gasteiger partial charge in [0, 0.05) is 18.6 Å². The molecule has 1 aromatic heterocycles. The summed E-state index contributed by atoms with van der Waals surface area (Å²) in [5.74, 6) is 1.92. The minimum Gasteiger partial charge on any atom is -0.468 e. The summed E-state index contributed by atoms with van der Waals surface area (Å²) in [6.45, 7) is 1.73. The first kappa shape index (κ1) is 10.4. The Morgan fingerprint density at radius 3 is 2.69 bits per heavy atom. The lowest BCUT2D eigenvalue weighted by Crippen LogP contribution is -2.43. The van der Waals surface area contributed by atoms with Crippen molar-refractivity contribution in [3.63, 3.8) is 0 Å². The Balaban J connectivity index is 1.69. The van der Waals surface area contributed by atoms with Crippen molar-refractivity contribution >= 4 is 0 Å². The molecule has 16 heavy (non-hydrogen) atoms. The third-order valence-corrected chi connectivity index (χ3v) is 3.77. The standard InChI is InChI=1S/C13H20N2O/c14-8-13(10-3-4-10)15(11-5-6-11)9-12-2-1-7-16-12/h1-2,7,10-11,13H,3-6,8-9,14H2. The molecule has 0 aromatic carbocycles. The van der Waals surface area contributed by atoms with E-state index in [-0.39, 0.29) is 0 Å². The first-order valence-corrected chi connectivity index (χ1v) is 6.36. The van der Waals surface area contributed by atoms with Gasteiger partial charge < -0.3 is 10.2 Å². The molecule has 2 N–H and O–H groups in total. The molecule has 88 valence electrons. The molecule has 1 atom stereocenters. The average molecular weight is 220 g/mol. The SMILES string of the molecule is NCC(C1CC1)N(Cc1ccco1)C1CC1. The van der Waals surface area contributed by atoms with E-state index in [0.717, 1.165) is 30.8 Å². The minimum absolute atomic E-state index is 0.581. The molecule has 1 aromatic rings. The summed E-state index contributed by atoms with van der Waals surface area (Å²) in [6.07, 6.45) is 7.16. The Morgan fingerprint density at radius 2 is 2.19 bits per heavy atom. The van der Waals surface area contributed by atoms with E-state index >= 15 is 0 Å². The van der Waals surface area contributed by atoms with Crippen LogP contribution in [0.5, 0.6) is 0 Å². The zero-order chi connectivity index (χ0) is 11.0. The molecule has 3 rings (SSSR count). The summed E-state index contributed by atoms with van der Waals surface area (Å²) in [4.78, 5) is 2.58. The van der Waals surface area contributed by atoms with Gasteiger partial charge >= 0.3 is 0 Å². The molecule has 3 nitrogen and oxygen atoms in total. The van der Waals surface area contributed by atoms with Crippen molar-refractivity contribution in [1.29, 1.82) is 0 Å². The topological polar surface area (TPSA) is 42.4 Å². The van der Waals surface area contributed by atoms with Gasteiger partial charge in [0.05, 0.1) is 12.8 Å². The largest absolute Gasteiger partial charge is 0.468 e.